The van der Waals surface area contributed by atoms with Gasteiger partial charge in [0.05, 0.1) is 18.6 Å². The predicted octanol–water partition coefficient (Wildman–Crippen LogP) is -0.448. The van der Waals surface area contributed by atoms with Gasteiger partial charge in [-0.1, -0.05) is 0 Å². The van der Waals surface area contributed by atoms with Gasteiger partial charge in [0.15, 0.2) is 0 Å². The molecule has 0 radical (unpaired) electrons. The minimum absolute atomic E-state index is 0.0987. The Bertz CT molecular complexity index is 321. The molecule has 2 amide bonds. The minimum atomic E-state index is -0.128. The second-order valence-electron chi connectivity index (χ2n) is 3.09. The van der Waals surface area contributed by atoms with E-state index in [-0.39, 0.29) is 18.2 Å². The third-order valence-electron chi connectivity index (χ3n) is 1.76. The number of nitrogens with one attached hydrogen (secondary N) is 3. The molecule has 6 nitrogen and oxygen atoms in total. The normalized spacial score (nSPS) is 9.67. The molecule has 3 N–H and O–H groups in total. The molecule has 0 saturated carbocycles. The number of aromatic amines is 1. The lowest BCUT2D eigenvalue weighted by Crippen LogP contribution is -2.29. The number of H-pyrrole nitrogens is 1. The van der Waals surface area contributed by atoms with Crippen molar-refractivity contribution >= 4 is 11.8 Å². The molecule has 6 heteroatoms. The summed E-state index contributed by atoms with van der Waals surface area (Å²) in [6.45, 7) is 2.21. The van der Waals surface area contributed by atoms with Crippen LogP contribution in [0, 0.1) is 0 Å². The van der Waals surface area contributed by atoms with Crippen LogP contribution in [0.15, 0.2) is 12.5 Å². The Labute approximate surface area is 87.5 Å². The maximum atomic E-state index is 11.2. The molecule has 1 aromatic heterocycles. The van der Waals surface area contributed by atoms with Crippen LogP contribution in [0.3, 0.4) is 0 Å². The summed E-state index contributed by atoms with van der Waals surface area (Å²) in [5, 5.41) is 5.25. The van der Waals surface area contributed by atoms with Crippen LogP contribution in [0.1, 0.15) is 19.0 Å². The Balaban J connectivity index is 2.11. The minimum Gasteiger partial charge on any atom is -0.356 e. The van der Waals surface area contributed by atoms with Gasteiger partial charge in [-0.3, -0.25) is 9.59 Å². The van der Waals surface area contributed by atoms with Gasteiger partial charge in [0.25, 0.3) is 0 Å². The summed E-state index contributed by atoms with van der Waals surface area (Å²) in [4.78, 5) is 28.4. The van der Waals surface area contributed by atoms with Crippen molar-refractivity contribution < 1.29 is 9.59 Å². The standard InChI is InChI=1S/C9H14N4O2/c1-7(14)11-3-2-9(15)12-5-8-4-10-6-13-8/h4,6H,2-3,5H2,1H3,(H,10,13)(H,11,14)(H,12,15). The van der Waals surface area contributed by atoms with Crippen LogP contribution in [0.2, 0.25) is 0 Å². The fourth-order valence-corrected chi connectivity index (χ4v) is 1.02. The van der Waals surface area contributed by atoms with Gasteiger partial charge in [-0.25, -0.2) is 4.98 Å². The Kier molecular flexibility index (Phi) is 4.33. The number of amides is 2. The van der Waals surface area contributed by atoms with E-state index in [1.807, 2.05) is 0 Å². The lowest BCUT2D eigenvalue weighted by atomic mass is 10.3. The number of imidazole rings is 1. The molecule has 1 aromatic rings. The van der Waals surface area contributed by atoms with Gasteiger partial charge in [-0.2, -0.15) is 0 Å². The highest BCUT2D eigenvalue weighted by atomic mass is 16.2. The highest BCUT2D eigenvalue weighted by Gasteiger charge is 2.01. The highest BCUT2D eigenvalue weighted by Crippen LogP contribution is 1.89. The van der Waals surface area contributed by atoms with Crippen molar-refractivity contribution in [3.8, 4) is 0 Å². The zero-order valence-electron chi connectivity index (χ0n) is 8.54. The van der Waals surface area contributed by atoms with Gasteiger partial charge < -0.3 is 15.6 Å². The van der Waals surface area contributed by atoms with Gasteiger partial charge in [0.2, 0.25) is 11.8 Å². The molecule has 0 saturated heterocycles. The summed E-state index contributed by atoms with van der Waals surface area (Å²) in [5.41, 5.74) is 0.850. The molecule has 0 unspecified atom stereocenters. The lowest BCUT2D eigenvalue weighted by Gasteiger charge is -2.03. The Morgan fingerprint density at radius 2 is 2.27 bits per heavy atom. The average Bonchev–Trinajstić information content (AvgIpc) is 2.66. The van der Waals surface area contributed by atoms with E-state index in [1.165, 1.54) is 6.92 Å². The van der Waals surface area contributed by atoms with Gasteiger partial charge in [0, 0.05) is 26.1 Å². The zero-order chi connectivity index (χ0) is 11.1. The third-order valence-corrected chi connectivity index (χ3v) is 1.76. The van der Waals surface area contributed by atoms with E-state index in [0.29, 0.717) is 13.1 Å². The van der Waals surface area contributed by atoms with Crippen molar-refractivity contribution in [2.24, 2.45) is 0 Å². The van der Waals surface area contributed by atoms with E-state index in [4.69, 9.17) is 0 Å². The smallest absolute Gasteiger partial charge is 0.222 e. The van der Waals surface area contributed by atoms with E-state index >= 15 is 0 Å². The number of rotatable bonds is 5. The summed E-state index contributed by atoms with van der Waals surface area (Å²) in [5.74, 6) is -0.227. The van der Waals surface area contributed by atoms with Crippen LogP contribution in [0.5, 0.6) is 0 Å². The first-order valence-electron chi connectivity index (χ1n) is 4.67. The maximum Gasteiger partial charge on any atom is 0.222 e. The fraction of sp³-hybridized carbons (Fsp3) is 0.444. The summed E-state index contributed by atoms with van der Waals surface area (Å²) in [6.07, 6.45) is 3.49. The van der Waals surface area contributed by atoms with Crippen molar-refractivity contribution in [1.29, 1.82) is 0 Å². The number of nitrogens with zero attached hydrogens (tertiary/aromatic N) is 1. The highest BCUT2D eigenvalue weighted by molar-refractivity contribution is 5.77. The Morgan fingerprint density at radius 1 is 1.47 bits per heavy atom. The van der Waals surface area contributed by atoms with Crippen LogP contribution >= 0.6 is 0 Å². The maximum absolute atomic E-state index is 11.2. The molecular formula is C9H14N4O2. The zero-order valence-corrected chi connectivity index (χ0v) is 8.54. The topological polar surface area (TPSA) is 86.9 Å². The SMILES string of the molecule is CC(=O)NCCC(=O)NCc1cnc[nH]1. The van der Waals surface area contributed by atoms with Crippen molar-refractivity contribution in [3.05, 3.63) is 18.2 Å². The van der Waals surface area contributed by atoms with Crippen molar-refractivity contribution in [3.63, 3.8) is 0 Å². The molecule has 82 valence electrons. The molecule has 1 heterocycles. The summed E-state index contributed by atoms with van der Waals surface area (Å²) in [7, 11) is 0. The molecule has 0 aliphatic carbocycles. The second kappa shape index (κ2) is 5.79. The van der Waals surface area contributed by atoms with Crippen LogP contribution < -0.4 is 10.6 Å². The summed E-state index contributed by atoms with van der Waals surface area (Å²) < 4.78 is 0. The van der Waals surface area contributed by atoms with E-state index in [9.17, 15) is 9.59 Å². The molecule has 1 rings (SSSR count). The quantitative estimate of drug-likeness (QED) is 0.615. The molecule has 0 atom stereocenters. The van der Waals surface area contributed by atoms with Gasteiger partial charge in [0.1, 0.15) is 0 Å². The molecule has 0 aliphatic heterocycles. The van der Waals surface area contributed by atoms with Gasteiger partial charge in [-0.05, 0) is 0 Å². The molecule has 15 heavy (non-hydrogen) atoms. The van der Waals surface area contributed by atoms with E-state index < -0.39 is 0 Å². The Morgan fingerprint density at radius 3 is 2.87 bits per heavy atom. The first-order chi connectivity index (χ1) is 7.18. The average molecular weight is 210 g/mol. The van der Waals surface area contributed by atoms with Crippen molar-refractivity contribution in [2.75, 3.05) is 6.54 Å². The van der Waals surface area contributed by atoms with Crippen LogP contribution in [-0.2, 0) is 16.1 Å². The number of hydrogen-bond donors (Lipinski definition) is 3. The van der Waals surface area contributed by atoms with Crippen LogP contribution in [0.25, 0.3) is 0 Å². The first-order valence-corrected chi connectivity index (χ1v) is 4.67. The summed E-state index contributed by atoms with van der Waals surface area (Å²) in [6, 6.07) is 0. The molecular weight excluding hydrogens is 196 g/mol. The molecule has 0 spiro atoms. The number of aromatic nitrogens is 2. The van der Waals surface area contributed by atoms with E-state index in [1.54, 1.807) is 12.5 Å². The Hall–Kier alpha value is -1.85. The van der Waals surface area contributed by atoms with Gasteiger partial charge >= 0.3 is 0 Å². The monoisotopic (exact) mass is 210 g/mol. The number of carbonyl (C=O) groups excluding carboxylic acids is 2. The first kappa shape index (κ1) is 11.2. The molecule has 0 fully saturated rings. The number of hydrogen-bond acceptors (Lipinski definition) is 3. The fourth-order valence-electron chi connectivity index (χ4n) is 1.02. The summed E-state index contributed by atoms with van der Waals surface area (Å²) >= 11 is 0. The van der Waals surface area contributed by atoms with Crippen molar-refractivity contribution in [2.45, 2.75) is 19.9 Å². The van der Waals surface area contributed by atoms with E-state index in [2.05, 4.69) is 20.6 Å². The molecule has 0 aromatic carbocycles. The molecule has 0 bridgehead atoms. The number of carbonyl (C=O) groups is 2. The van der Waals surface area contributed by atoms with Crippen molar-refractivity contribution in [1.82, 2.24) is 20.6 Å². The lowest BCUT2D eigenvalue weighted by molar-refractivity contribution is -0.121. The second-order valence-corrected chi connectivity index (χ2v) is 3.09. The van der Waals surface area contributed by atoms with Crippen LogP contribution in [0.4, 0.5) is 0 Å². The van der Waals surface area contributed by atoms with Gasteiger partial charge in [-0.15, -0.1) is 0 Å². The van der Waals surface area contributed by atoms with E-state index in [0.717, 1.165) is 5.69 Å². The predicted molar refractivity (Wildman–Crippen MR) is 53.7 cm³/mol. The largest absolute Gasteiger partial charge is 0.356 e. The molecule has 0 aliphatic rings. The third kappa shape index (κ3) is 4.80. The van der Waals surface area contributed by atoms with Crippen LogP contribution in [-0.4, -0.2) is 28.3 Å².